The van der Waals surface area contributed by atoms with Crippen LogP contribution in [-0.4, -0.2) is 66.8 Å². The predicted molar refractivity (Wildman–Crippen MR) is 133 cm³/mol. The number of hydrogen-bond acceptors (Lipinski definition) is 6. The van der Waals surface area contributed by atoms with Gasteiger partial charge in [0.1, 0.15) is 5.75 Å². The molecule has 1 saturated heterocycles. The van der Waals surface area contributed by atoms with Crippen LogP contribution in [-0.2, 0) is 4.74 Å². The summed E-state index contributed by atoms with van der Waals surface area (Å²) >= 11 is 1.53. The topological polar surface area (TPSA) is 70.7 Å². The lowest BCUT2D eigenvalue weighted by Crippen LogP contribution is -2.39. The van der Waals surface area contributed by atoms with Gasteiger partial charge in [0.25, 0.3) is 5.91 Å². The predicted octanol–water partition coefficient (Wildman–Crippen LogP) is 4.55. The van der Waals surface area contributed by atoms with Gasteiger partial charge < -0.3 is 14.5 Å². The molecule has 1 N–H and O–H groups in total. The molecule has 0 aliphatic carbocycles. The summed E-state index contributed by atoms with van der Waals surface area (Å²) in [5.41, 5.74) is 2.51. The van der Waals surface area contributed by atoms with Crippen molar-refractivity contribution in [2.75, 3.05) is 50.9 Å². The zero-order valence-corrected chi connectivity index (χ0v) is 19.6. The number of benzene rings is 2. The Balaban J connectivity index is 1.43. The van der Waals surface area contributed by atoms with E-state index in [2.05, 4.69) is 9.88 Å². The number of aromatic amines is 1. The lowest BCUT2D eigenvalue weighted by molar-refractivity contribution is 0.0376. The van der Waals surface area contributed by atoms with Gasteiger partial charge >= 0.3 is 0 Å². The summed E-state index contributed by atoms with van der Waals surface area (Å²) in [5.74, 6) is 0.792. The Labute approximate surface area is 196 Å². The molecule has 33 heavy (non-hydrogen) atoms. The van der Waals surface area contributed by atoms with Crippen LogP contribution in [0, 0.1) is 0 Å². The molecule has 8 heteroatoms. The molecule has 5 rings (SSSR count). The van der Waals surface area contributed by atoms with E-state index in [0.29, 0.717) is 18.7 Å². The van der Waals surface area contributed by atoms with E-state index in [1.54, 1.807) is 0 Å². The van der Waals surface area contributed by atoms with Crippen molar-refractivity contribution in [2.45, 2.75) is 13.3 Å². The average molecular weight is 465 g/mol. The summed E-state index contributed by atoms with van der Waals surface area (Å²) in [6, 6.07) is 13.8. The van der Waals surface area contributed by atoms with E-state index in [-0.39, 0.29) is 5.91 Å². The molecule has 0 spiro atoms. The normalized spacial score (nSPS) is 14.7. The summed E-state index contributed by atoms with van der Waals surface area (Å²) in [6.45, 7) is 7.56. The SMILES string of the molecule is CCOc1ccc2nc(N(CCCN3CCOCC3)C(=O)c3c[nH]c4ccccc34)sc2c1. The second kappa shape index (κ2) is 9.91. The van der Waals surface area contributed by atoms with Crippen LogP contribution in [0.25, 0.3) is 21.1 Å². The average Bonchev–Trinajstić information content (AvgIpc) is 3.46. The molecule has 0 atom stereocenters. The number of ether oxygens (including phenoxy) is 2. The third-order valence-corrected chi connectivity index (χ3v) is 6.96. The van der Waals surface area contributed by atoms with Crippen molar-refractivity contribution in [2.24, 2.45) is 0 Å². The number of aromatic nitrogens is 2. The molecule has 172 valence electrons. The molecule has 0 unspecified atom stereocenters. The Bertz CT molecular complexity index is 1240. The van der Waals surface area contributed by atoms with Gasteiger partial charge in [0.15, 0.2) is 5.13 Å². The third kappa shape index (κ3) is 4.73. The van der Waals surface area contributed by atoms with Gasteiger partial charge in [-0.1, -0.05) is 29.5 Å². The second-order valence-corrected chi connectivity index (χ2v) is 9.08. The lowest BCUT2D eigenvalue weighted by Gasteiger charge is -2.27. The minimum atomic E-state index is -0.0292. The van der Waals surface area contributed by atoms with Crippen molar-refractivity contribution in [3.8, 4) is 5.75 Å². The maximum absolute atomic E-state index is 13.8. The Morgan fingerprint density at radius 1 is 1.24 bits per heavy atom. The van der Waals surface area contributed by atoms with E-state index in [0.717, 1.165) is 71.3 Å². The van der Waals surface area contributed by atoms with Crippen molar-refractivity contribution in [3.63, 3.8) is 0 Å². The molecular formula is C25H28N4O3S. The molecule has 2 aromatic heterocycles. The number of carbonyl (C=O) groups excluding carboxylic acids is 1. The van der Waals surface area contributed by atoms with E-state index in [4.69, 9.17) is 14.5 Å². The highest BCUT2D eigenvalue weighted by Crippen LogP contribution is 2.33. The zero-order chi connectivity index (χ0) is 22.6. The minimum absolute atomic E-state index is 0.0292. The van der Waals surface area contributed by atoms with Crippen LogP contribution in [0.15, 0.2) is 48.7 Å². The number of para-hydroxylation sites is 1. The number of H-pyrrole nitrogens is 1. The first kappa shape index (κ1) is 21.9. The van der Waals surface area contributed by atoms with E-state index in [9.17, 15) is 4.79 Å². The Morgan fingerprint density at radius 2 is 2.09 bits per heavy atom. The summed E-state index contributed by atoms with van der Waals surface area (Å²) in [7, 11) is 0. The zero-order valence-electron chi connectivity index (χ0n) is 18.8. The Morgan fingerprint density at radius 3 is 2.94 bits per heavy atom. The Kier molecular flexibility index (Phi) is 6.57. The van der Waals surface area contributed by atoms with Crippen LogP contribution >= 0.6 is 11.3 Å². The van der Waals surface area contributed by atoms with Gasteiger partial charge in [-0.25, -0.2) is 4.98 Å². The van der Waals surface area contributed by atoms with Crippen LogP contribution in [0.4, 0.5) is 5.13 Å². The van der Waals surface area contributed by atoms with E-state index >= 15 is 0 Å². The second-order valence-electron chi connectivity index (χ2n) is 8.07. The first-order valence-corrected chi connectivity index (χ1v) is 12.3. The van der Waals surface area contributed by atoms with Crippen LogP contribution in [0.5, 0.6) is 5.75 Å². The number of thiazole rings is 1. The largest absolute Gasteiger partial charge is 0.494 e. The number of hydrogen-bond donors (Lipinski definition) is 1. The summed E-state index contributed by atoms with van der Waals surface area (Å²) in [5, 5.41) is 1.65. The van der Waals surface area contributed by atoms with Crippen LogP contribution < -0.4 is 9.64 Å². The van der Waals surface area contributed by atoms with Crippen molar-refractivity contribution < 1.29 is 14.3 Å². The number of carbonyl (C=O) groups is 1. The fraction of sp³-hybridized carbons (Fsp3) is 0.360. The van der Waals surface area contributed by atoms with Crippen molar-refractivity contribution in [1.82, 2.24) is 14.9 Å². The number of amides is 1. The van der Waals surface area contributed by atoms with Crippen molar-refractivity contribution in [1.29, 1.82) is 0 Å². The molecule has 2 aromatic carbocycles. The lowest BCUT2D eigenvalue weighted by atomic mass is 10.1. The van der Waals surface area contributed by atoms with Gasteiger partial charge in [0.05, 0.1) is 35.6 Å². The van der Waals surface area contributed by atoms with Crippen LogP contribution in [0.3, 0.4) is 0 Å². The van der Waals surface area contributed by atoms with Crippen molar-refractivity contribution in [3.05, 3.63) is 54.2 Å². The van der Waals surface area contributed by atoms with E-state index in [1.165, 1.54) is 11.3 Å². The molecule has 0 bridgehead atoms. The number of anilines is 1. The maximum Gasteiger partial charge on any atom is 0.262 e. The number of nitrogens with zero attached hydrogens (tertiary/aromatic N) is 3. The highest BCUT2D eigenvalue weighted by atomic mass is 32.1. The van der Waals surface area contributed by atoms with Gasteiger partial charge in [-0.3, -0.25) is 14.6 Å². The third-order valence-electron chi connectivity index (χ3n) is 5.92. The van der Waals surface area contributed by atoms with Crippen molar-refractivity contribution >= 4 is 43.5 Å². The fourth-order valence-corrected chi connectivity index (χ4v) is 5.24. The molecule has 1 aliphatic rings. The van der Waals surface area contributed by atoms with Crippen LogP contribution in [0.1, 0.15) is 23.7 Å². The first-order valence-electron chi connectivity index (χ1n) is 11.4. The number of morpholine rings is 1. The number of rotatable bonds is 8. The van der Waals surface area contributed by atoms with Gasteiger partial charge in [0, 0.05) is 43.3 Å². The molecule has 3 heterocycles. The van der Waals surface area contributed by atoms with Crippen LogP contribution in [0.2, 0.25) is 0 Å². The molecule has 0 saturated carbocycles. The molecule has 7 nitrogen and oxygen atoms in total. The standard InChI is InChI=1S/C25H28N4O3S/c1-2-32-18-8-9-22-23(16-18)33-25(27-22)29(11-5-10-28-12-14-31-15-13-28)24(30)20-17-26-21-7-4-3-6-19(20)21/h3-4,6-9,16-17,26H,2,5,10-15H2,1H3. The quantitative estimate of drug-likeness (QED) is 0.414. The Hall–Kier alpha value is -2.94. The van der Waals surface area contributed by atoms with E-state index in [1.807, 2.05) is 60.5 Å². The highest BCUT2D eigenvalue weighted by Gasteiger charge is 2.24. The summed E-state index contributed by atoms with van der Waals surface area (Å²) in [4.78, 5) is 26.0. The first-order chi connectivity index (χ1) is 16.2. The van der Waals surface area contributed by atoms with E-state index < -0.39 is 0 Å². The van der Waals surface area contributed by atoms with Gasteiger partial charge in [-0.15, -0.1) is 0 Å². The highest BCUT2D eigenvalue weighted by molar-refractivity contribution is 7.22. The molecule has 4 aromatic rings. The monoisotopic (exact) mass is 464 g/mol. The molecule has 1 aliphatic heterocycles. The van der Waals surface area contributed by atoms with Gasteiger partial charge in [-0.05, 0) is 37.6 Å². The van der Waals surface area contributed by atoms with Gasteiger partial charge in [-0.2, -0.15) is 0 Å². The maximum atomic E-state index is 13.8. The molecule has 1 fully saturated rings. The van der Waals surface area contributed by atoms with Gasteiger partial charge in [0.2, 0.25) is 0 Å². The fourth-order valence-electron chi connectivity index (χ4n) is 4.22. The number of fused-ring (bicyclic) bond motifs is 2. The minimum Gasteiger partial charge on any atom is -0.494 e. The molecular weight excluding hydrogens is 436 g/mol. The summed E-state index contributed by atoms with van der Waals surface area (Å²) < 4.78 is 12.1. The molecule has 0 radical (unpaired) electrons. The summed E-state index contributed by atoms with van der Waals surface area (Å²) in [6.07, 6.45) is 2.68. The smallest absolute Gasteiger partial charge is 0.262 e. The number of nitrogens with one attached hydrogen (secondary N) is 1. The molecule has 1 amide bonds.